The van der Waals surface area contributed by atoms with Crippen molar-refractivity contribution < 1.29 is 34.1 Å². The minimum atomic E-state index is -1.10. The van der Waals surface area contributed by atoms with Crippen LogP contribution in [0.5, 0.6) is 11.5 Å². The first kappa shape index (κ1) is 25.1. The number of carbonyl (C=O) groups is 3. The van der Waals surface area contributed by atoms with Gasteiger partial charge in [0, 0.05) is 42.0 Å². The quantitative estimate of drug-likeness (QED) is 0.428. The van der Waals surface area contributed by atoms with E-state index in [9.17, 15) is 34.1 Å². The number of aromatic hydroxyl groups is 2. The van der Waals surface area contributed by atoms with Crippen LogP contribution in [0.4, 0.5) is 4.39 Å². The minimum absolute atomic E-state index is 0.0133. The van der Waals surface area contributed by atoms with Gasteiger partial charge in [-0.2, -0.15) is 0 Å². The largest absolute Gasteiger partial charge is 0.508 e. The number of piperidine rings is 1. The lowest BCUT2D eigenvalue weighted by molar-refractivity contribution is -0.139. The topological polar surface area (TPSA) is 115 Å². The first-order chi connectivity index (χ1) is 17.2. The molecule has 3 aromatic rings. The summed E-state index contributed by atoms with van der Waals surface area (Å²) in [5.41, 5.74) is 1.43. The van der Waals surface area contributed by atoms with Gasteiger partial charge in [0.2, 0.25) is 0 Å². The third kappa shape index (κ3) is 5.13. The van der Waals surface area contributed by atoms with Crippen molar-refractivity contribution in [3.05, 3.63) is 94.8 Å². The summed E-state index contributed by atoms with van der Waals surface area (Å²) < 4.78 is 14.7. The van der Waals surface area contributed by atoms with Crippen molar-refractivity contribution in [1.29, 1.82) is 0 Å². The summed E-state index contributed by atoms with van der Waals surface area (Å²) in [6.07, 6.45) is 0. The molecule has 1 aliphatic rings. The fourth-order valence-corrected chi connectivity index (χ4v) is 5.05. The van der Waals surface area contributed by atoms with E-state index < -0.39 is 29.5 Å². The number of rotatable bonds is 7. The number of aliphatic carboxylic acids is 1. The molecule has 8 heteroatoms. The number of benzene rings is 3. The molecular formula is C28H26FNO6. The Hall–Kier alpha value is -4.04. The molecule has 0 aromatic heterocycles. The molecule has 7 nitrogen and oxygen atoms in total. The van der Waals surface area contributed by atoms with Crippen LogP contribution in [-0.4, -0.2) is 57.4 Å². The molecule has 2 atom stereocenters. The monoisotopic (exact) mass is 491 g/mol. The number of hydrogen-bond donors (Lipinski definition) is 3. The third-order valence-corrected chi connectivity index (χ3v) is 6.78. The van der Waals surface area contributed by atoms with Crippen LogP contribution in [0.15, 0.2) is 66.7 Å². The fraction of sp³-hybridized carbons (Fsp3) is 0.250. The number of Topliss-reactive ketones (excluding diaryl/α,β-unsaturated/α-hetero) is 2. The molecule has 1 saturated heterocycles. The van der Waals surface area contributed by atoms with E-state index in [1.165, 1.54) is 60.7 Å². The Labute approximate surface area is 207 Å². The number of ketones is 2. The van der Waals surface area contributed by atoms with Gasteiger partial charge in [-0.3, -0.25) is 19.3 Å². The van der Waals surface area contributed by atoms with E-state index in [2.05, 4.69) is 0 Å². The number of carboxylic acid groups (broad SMARTS) is 1. The van der Waals surface area contributed by atoms with E-state index in [1.807, 2.05) is 0 Å². The number of carbonyl (C=O) groups excluding carboxylic acids is 2. The van der Waals surface area contributed by atoms with Gasteiger partial charge in [-0.05, 0) is 72.6 Å². The molecule has 36 heavy (non-hydrogen) atoms. The standard InChI is InChI=1S/C28H26FNO6/c1-16-21(3-2-4-24(16)29)26-22(27(35)17-5-9-19(31)10-6-17)13-30(15-25(33)34)14-23(26)28(36)18-7-11-20(32)12-8-18/h2-12,22-23,26,31-32H,13-15H2,1H3,(H,33,34). The zero-order valence-corrected chi connectivity index (χ0v) is 19.6. The lowest BCUT2D eigenvalue weighted by Gasteiger charge is -2.43. The van der Waals surface area contributed by atoms with Crippen molar-refractivity contribution >= 4 is 17.5 Å². The normalized spacial score (nSPS) is 20.1. The molecule has 1 aliphatic heterocycles. The number of halogens is 1. The second kappa shape index (κ2) is 10.3. The highest BCUT2D eigenvalue weighted by Crippen LogP contribution is 2.42. The Morgan fingerprint density at radius 1 is 0.833 bits per heavy atom. The molecular weight excluding hydrogens is 465 g/mol. The van der Waals surface area contributed by atoms with Gasteiger partial charge in [-0.25, -0.2) is 4.39 Å². The Bertz CT molecular complexity index is 1220. The Morgan fingerprint density at radius 2 is 1.31 bits per heavy atom. The summed E-state index contributed by atoms with van der Waals surface area (Å²) in [7, 11) is 0. The summed E-state index contributed by atoms with van der Waals surface area (Å²) in [4.78, 5) is 40.7. The molecule has 0 spiro atoms. The van der Waals surface area contributed by atoms with Gasteiger partial charge in [0.15, 0.2) is 11.6 Å². The van der Waals surface area contributed by atoms with Crippen molar-refractivity contribution in [3.63, 3.8) is 0 Å². The number of hydrogen-bond acceptors (Lipinski definition) is 6. The van der Waals surface area contributed by atoms with Crippen molar-refractivity contribution in [1.82, 2.24) is 4.90 Å². The summed E-state index contributed by atoms with van der Waals surface area (Å²) in [6.45, 7) is 1.35. The maximum atomic E-state index is 14.7. The van der Waals surface area contributed by atoms with Crippen molar-refractivity contribution in [2.24, 2.45) is 11.8 Å². The number of nitrogens with zero attached hydrogens (tertiary/aromatic N) is 1. The molecule has 2 unspecified atom stereocenters. The number of phenolic OH excluding ortho intramolecular Hbond substituents is 2. The molecule has 0 radical (unpaired) electrons. The molecule has 0 saturated carbocycles. The average Bonchev–Trinajstić information content (AvgIpc) is 2.85. The van der Waals surface area contributed by atoms with Crippen LogP contribution < -0.4 is 0 Å². The number of carboxylic acids is 1. The zero-order valence-electron chi connectivity index (χ0n) is 19.6. The molecule has 1 fully saturated rings. The minimum Gasteiger partial charge on any atom is -0.508 e. The van der Waals surface area contributed by atoms with Gasteiger partial charge >= 0.3 is 5.97 Å². The van der Waals surface area contributed by atoms with Crippen molar-refractivity contribution in [2.75, 3.05) is 19.6 Å². The van der Waals surface area contributed by atoms with Crippen LogP contribution in [0.2, 0.25) is 0 Å². The molecule has 3 aromatic carbocycles. The Balaban J connectivity index is 1.86. The molecule has 186 valence electrons. The summed E-state index contributed by atoms with van der Waals surface area (Å²) in [5, 5.41) is 28.8. The summed E-state index contributed by atoms with van der Waals surface area (Å²) >= 11 is 0. The molecule has 3 N–H and O–H groups in total. The van der Waals surface area contributed by atoms with Crippen LogP contribution >= 0.6 is 0 Å². The lowest BCUT2D eigenvalue weighted by atomic mass is 9.68. The summed E-state index contributed by atoms with van der Waals surface area (Å²) in [5.74, 6) is -4.68. The molecule has 4 rings (SSSR count). The highest BCUT2D eigenvalue weighted by atomic mass is 19.1. The average molecular weight is 492 g/mol. The van der Waals surface area contributed by atoms with E-state index >= 15 is 0 Å². The van der Waals surface area contributed by atoms with E-state index in [-0.39, 0.29) is 42.7 Å². The van der Waals surface area contributed by atoms with E-state index in [1.54, 1.807) is 17.9 Å². The highest BCUT2D eigenvalue weighted by molar-refractivity contribution is 6.02. The number of phenols is 2. The first-order valence-electron chi connectivity index (χ1n) is 11.5. The van der Waals surface area contributed by atoms with E-state index in [0.29, 0.717) is 22.3 Å². The van der Waals surface area contributed by atoms with Gasteiger partial charge in [-0.15, -0.1) is 0 Å². The predicted molar refractivity (Wildman–Crippen MR) is 130 cm³/mol. The fourth-order valence-electron chi connectivity index (χ4n) is 5.05. The second-order valence-corrected chi connectivity index (χ2v) is 9.10. The predicted octanol–water partition coefficient (Wildman–Crippen LogP) is 4.03. The molecule has 1 heterocycles. The number of likely N-dealkylation sites (tertiary alicyclic amines) is 1. The molecule has 0 aliphatic carbocycles. The smallest absolute Gasteiger partial charge is 0.317 e. The first-order valence-corrected chi connectivity index (χ1v) is 11.5. The van der Waals surface area contributed by atoms with Crippen LogP contribution in [0.25, 0.3) is 0 Å². The second-order valence-electron chi connectivity index (χ2n) is 9.10. The van der Waals surface area contributed by atoms with Gasteiger partial charge in [0.25, 0.3) is 0 Å². The molecule has 0 amide bonds. The van der Waals surface area contributed by atoms with Gasteiger partial charge in [0.05, 0.1) is 6.54 Å². The van der Waals surface area contributed by atoms with Gasteiger partial charge in [-0.1, -0.05) is 12.1 Å². The maximum absolute atomic E-state index is 14.7. The van der Waals surface area contributed by atoms with E-state index in [0.717, 1.165) is 0 Å². The Kier molecular flexibility index (Phi) is 7.17. The molecule has 0 bridgehead atoms. The van der Waals surface area contributed by atoms with Crippen LogP contribution in [0.1, 0.15) is 37.8 Å². The highest BCUT2D eigenvalue weighted by Gasteiger charge is 2.45. The third-order valence-electron chi connectivity index (χ3n) is 6.78. The summed E-state index contributed by atoms with van der Waals surface area (Å²) in [6, 6.07) is 16.0. The van der Waals surface area contributed by atoms with Crippen LogP contribution in [0.3, 0.4) is 0 Å². The van der Waals surface area contributed by atoms with Crippen molar-refractivity contribution in [3.8, 4) is 11.5 Å². The van der Waals surface area contributed by atoms with Crippen LogP contribution in [0, 0.1) is 24.6 Å². The maximum Gasteiger partial charge on any atom is 0.317 e. The van der Waals surface area contributed by atoms with Gasteiger partial charge < -0.3 is 15.3 Å². The van der Waals surface area contributed by atoms with Crippen molar-refractivity contribution in [2.45, 2.75) is 12.8 Å². The van der Waals surface area contributed by atoms with Crippen LogP contribution in [-0.2, 0) is 4.79 Å². The Morgan fingerprint density at radius 3 is 1.75 bits per heavy atom. The SMILES string of the molecule is Cc1c(F)cccc1C1C(C(=O)c2ccc(O)cc2)CN(CC(=O)O)CC1C(=O)c1ccc(O)cc1. The zero-order chi connectivity index (χ0) is 26.0. The van der Waals surface area contributed by atoms with E-state index in [4.69, 9.17) is 0 Å². The van der Waals surface area contributed by atoms with Gasteiger partial charge in [0.1, 0.15) is 17.3 Å². The lowest BCUT2D eigenvalue weighted by Crippen LogP contribution is -2.51.